The fraction of sp³-hybridized carbons (Fsp3) is 0.273. The zero-order valence-corrected chi connectivity index (χ0v) is 17.3. The van der Waals surface area contributed by atoms with E-state index in [1.54, 1.807) is 6.07 Å². The molecule has 0 unspecified atom stereocenters. The molecule has 4 rings (SSSR count). The van der Waals surface area contributed by atoms with Gasteiger partial charge in [0.25, 0.3) is 5.91 Å². The summed E-state index contributed by atoms with van der Waals surface area (Å²) < 4.78 is 33.0. The molecule has 2 aromatic carbocycles. The van der Waals surface area contributed by atoms with Crippen LogP contribution in [-0.2, 0) is 0 Å². The number of methoxy groups -OCH3 is 1. The number of rotatable bonds is 5. The van der Waals surface area contributed by atoms with Gasteiger partial charge in [-0.15, -0.1) is 0 Å². The number of nitrogens with one attached hydrogen (secondary N) is 2. The second-order valence-electron chi connectivity index (χ2n) is 7.40. The molecule has 3 atom stereocenters. The molecule has 1 fully saturated rings. The van der Waals surface area contributed by atoms with Crippen LogP contribution < -0.4 is 15.4 Å². The number of hydrogen-bond acceptors (Lipinski definition) is 5. The van der Waals surface area contributed by atoms with Crippen molar-refractivity contribution in [3.05, 3.63) is 70.5 Å². The number of pyridine rings is 1. The van der Waals surface area contributed by atoms with Crippen molar-refractivity contribution >= 4 is 28.3 Å². The van der Waals surface area contributed by atoms with E-state index in [2.05, 4.69) is 15.6 Å². The maximum absolute atomic E-state index is 14.0. The Morgan fingerprint density at radius 1 is 1.32 bits per heavy atom. The molecule has 1 saturated heterocycles. The molecule has 2 heterocycles. The first kappa shape index (κ1) is 21.4. The second-order valence-corrected chi connectivity index (χ2v) is 7.81. The zero-order chi connectivity index (χ0) is 22.1. The van der Waals surface area contributed by atoms with E-state index in [9.17, 15) is 18.7 Å². The van der Waals surface area contributed by atoms with Crippen LogP contribution in [0.2, 0.25) is 5.02 Å². The van der Waals surface area contributed by atoms with Crippen LogP contribution in [0.5, 0.6) is 5.75 Å². The van der Waals surface area contributed by atoms with Crippen LogP contribution in [0.3, 0.4) is 0 Å². The minimum Gasteiger partial charge on any atom is -0.496 e. The van der Waals surface area contributed by atoms with E-state index in [1.807, 2.05) is 0 Å². The van der Waals surface area contributed by atoms with Crippen molar-refractivity contribution < 1.29 is 23.4 Å². The van der Waals surface area contributed by atoms with Crippen molar-refractivity contribution in [3.63, 3.8) is 0 Å². The lowest BCUT2D eigenvalue weighted by molar-refractivity contribution is 0.0923. The highest BCUT2D eigenvalue weighted by molar-refractivity contribution is 6.30. The average molecular weight is 448 g/mol. The molecule has 1 aliphatic rings. The number of fused-ring (bicyclic) bond motifs is 1. The molecule has 162 valence electrons. The van der Waals surface area contributed by atoms with Gasteiger partial charge >= 0.3 is 0 Å². The standard InChI is InChI=1S/C22H20ClF2N3O3/c1-31-19-9-14-11(4-5-26-21(14)25)6-15(19)22(30)28-20(18-8-13(29)10-27-18)12-2-3-17(24)16(23)7-12/h2-7,9,13,18,20,27,29H,8,10H2,1H3,(H,28,30)/t13-,18+,20+/m1/s1. The number of aliphatic hydroxyl groups excluding tert-OH is 1. The predicted octanol–water partition coefficient (Wildman–Crippen LogP) is 3.37. The molecule has 0 radical (unpaired) electrons. The van der Waals surface area contributed by atoms with Crippen LogP contribution in [0.4, 0.5) is 8.78 Å². The molecular weight excluding hydrogens is 428 g/mol. The second kappa shape index (κ2) is 8.74. The summed E-state index contributed by atoms with van der Waals surface area (Å²) in [6, 6.07) is 7.87. The van der Waals surface area contributed by atoms with E-state index in [0.29, 0.717) is 23.9 Å². The molecule has 1 aromatic heterocycles. The van der Waals surface area contributed by atoms with Gasteiger partial charge in [-0.1, -0.05) is 17.7 Å². The molecule has 0 bridgehead atoms. The molecule has 0 spiro atoms. The van der Waals surface area contributed by atoms with Crippen LogP contribution in [0.15, 0.2) is 42.6 Å². The third kappa shape index (κ3) is 4.32. The maximum Gasteiger partial charge on any atom is 0.255 e. The lowest BCUT2D eigenvalue weighted by Crippen LogP contribution is -2.41. The summed E-state index contributed by atoms with van der Waals surface area (Å²) in [6.07, 6.45) is 1.15. The Hall–Kier alpha value is -2.81. The predicted molar refractivity (Wildman–Crippen MR) is 112 cm³/mol. The number of halogens is 3. The van der Waals surface area contributed by atoms with Gasteiger partial charge in [0.05, 0.1) is 29.8 Å². The summed E-state index contributed by atoms with van der Waals surface area (Å²) >= 11 is 5.96. The molecule has 6 nitrogen and oxygen atoms in total. The Labute approximate surface area is 182 Å². The minimum atomic E-state index is -0.661. The van der Waals surface area contributed by atoms with E-state index in [1.165, 1.54) is 43.6 Å². The first-order valence-corrected chi connectivity index (χ1v) is 10.0. The number of carbonyl (C=O) groups excluding carboxylic acids is 1. The topological polar surface area (TPSA) is 83.5 Å². The normalized spacial score (nSPS) is 19.4. The summed E-state index contributed by atoms with van der Waals surface area (Å²) in [5.41, 5.74) is 0.790. The van der Waals surface area contributed by atoms with E-state index >= 15 is 0 Å². The lowest BCUT2D eigenvalue weighted by atomic mass is 9.96. The first-order valence-electron chi connectivity index (χ1n) is 9.67. The van der Waals surface area contributed by atoms with Gasteiger partial charge in [-0.25, -0.2) is 9.37 Å². The number of benzene rings is 2. The Morgan fingerprint density at radius 3 is 2.81 bits per heavy atom. The summed E-state index contributed by atoms with van der Waals surface area (Å²) in [6.45, 7) is 0.373. The van der Waals surface area contributed by atoms with Crippen LogP contribution in [0, 0.1) is 11.8 Å². The van der Waals surface area contributed by atoms with Crippen molar-refractivity contribution in [2.75, 3.05) is 13.7 Å². The quantitative estimate of drug-likeness (QED) is 0.522. The largest absolute Gasteiger partial charge is 0.496 e. The molecular formula is C22H20ClF2N3O3. The van der Waals surface area contributed by atoms with Crippen LogP contribution in [0.1, 0.15) is 28.4 Å². The van der Waals surface area contributed by atoms with Gasteiger partial charge in [-0.05, 0) is 47.7 Å². The lowest BCUT2D eigenvalue weighted by Gasteiger charge is -2.26. The van der Waals surface area contributed by atoms with Crippen LogP contribution >= 0.6 is 11.6 Å². The molecule has 1 aliphatic heterocycles. The smallest absolute Gasteiger partial charge is 0.255 e. The zero-order valence-electron chi connectivity index (χ0n) is 16.5. The number of nitrogens with zero attached hydrogens (tertiary/aromatic N) is 1. The minimum absolute atomic E-state index is 0.0680. The molecule has 3 N–H and O–H groups in total. The van der Waals surface area contributed by atoms with Crippen molar-refractivity contribution in [2.45, 2.75) is 24.6 Å². The van der Waals surface area contributed by atoms with Crippen molar-refractivity contribution in [1.82, 2.24) is 15.6 Å². The number of carbonyl (C=O) groups is 1. The Balaban J connectivity index is 1.71. The van der Waals surface area contributed by atoms with Crippen LogP contribution in [0.25, 0.3) is 10.8 Å². The van der Waals surface area contributed by atoms with Crippen LogP contribution in [-0.4, -0.2) is 41.8 Å². The van der Waals surface area contributed by atoms with Gasteiger partial charge in [0.1, 0.15) is 11.6 Å². The van der Waals surface area contributed by atoms with Crippen molar-refractivity contribution in [3.8, 4) is 5.75 Å². The fourth-order valence-electron chi connectivity index (χ4n) is 3.85. The van der Waals surface area contributed by atoms with E-state index in [0.717, 1.165) is 0 Å². The first-order chi connectivity index (χ1) is 14.9. The van der Waals surface area contributed by atoms with Gasteiger partial charge in [-0.3, -0.25) is 4.79 Å². The van der Waals surface area contributed by atoms with Gasteiger partial charge in [0.2, 0.25) is 5.95 Å². The molecule has 1 amide bonds. The third-order valence-corrected chi connectivity index (χ3v) is 5.70. The monoisotopic (exact) mass is 447 g/mol. The Kier molecular flexibility index (Phi) is 6.04. The summed E-state index contributed by atoms with van der Waals surface area (Å²) in [4.78, 5) is 16.9. The van der Waals surface area contributed by atoms with E-state index < -0.39 is 29.8 Å². The number of hydrogen-bond donors (Lipinski definition) is 3. The summed E-state index contributed by atoms with van der Waals surface area (Å²) in [5, 5.41) is 16.7. The fourth-order valence-corrected chi connectivity index (χ4v) is 4.04. The summed E-state index contributed by atoms with van der Waals surface area (Å²) in [7, 11) is 1.39. The Morgan fingerprint density at radius 2 is 2.13 bits per heavy atom. The highest BCUT2D eigenvalue weighted by Crippen LogP contribution is 2.30. The molecule has 9 heteroatoms. The van der Waals surface area contributed by atoms with Gasteiger partial charge < -0.3 is 20.5 Å². The molecule has 0 saturated carbocycles. The summed E-state index contributed by atoms with van der Waals surface area (Å²) in [5.74, 6) is -1.51. The number of aromatic nitrogens is 1. The van der Waals surface area contributed by atoms with Crippen molar-refractivity contribution in [2.24, 2.45) is 0 Å². The highest BCUT2D eigenvalue weighted by Gasteiger charge is 2.32. The molecule has 3 aromatic rings. The van der Waals surface area contributed by atoms with E-state index in [-0.39, 0.29) is 27.8 Å². The number of β-amino-alcohol motifs (C(OH)–C–C–N with tert-alkyl or cyclic N) is 1. The maximum atomic E-state index is 14.0. The van der Waals surface area contributed by atoms with Gasteiger partial charge in [-0.2, -0.15) is 4.39 Å². The average Bonchev–Trinajstić information content (AvgIpc) is 3.19. The van der Waals surface area contributed by atoms with Crippen molar-refractivity contribution in [1.29, 1.82) is 0 Å². The molecule has 31 heavy (non-hydrogen) atoms. The number of aliphatic hydroxyl groups is 1. The number of ether oxygens (including phenoxy) is 1. The SMILES string of the molecule is COc1cc2c(F)nccc2cc1C(=O)N[C@@H](c1ccc(F)c(Cl)c1)[C@@H]1C[C@@H](O)CN1. The third-order valence-electron chi connectivity index (χ3n) is 5.41. The highest BCUT2D eigenvalue weighted by atomic mass is 35.5. The Bertz CT molecular complexity index is 1140. The van der Waals surface area contributed by atoms with Gasteiger partial charge in [0.15, 0.2) is 0 Å². The van der Waals surface area contributed by atoms with Gasteiger partial charge in [0, 0.05) is 24.2 Å². The van der Waals surface area contributed by atoms with E-state index in [4.69, 9.17) is 16.3 Å². The molecule has 0 aliphatic carbocycles. The number of amides is 1.